The van der Waals surface area contributed by atoms with Crippen molar-refractivity contribution in [1.82, 2.24) is 0 Å². The van der Waals surface area contributed by atoms with E-state index in [1.165, 1.54) is 6.92 Å². The Morgan fingerprint density at radius 2 is 2.00 bits per heavy atom. The van der Waals surface area contributed by atoms with Gasteiger partial charge in [0.15, 0.2) is 6.10 Å². The third-order valence-electron chi connectivity index (χ3n) is 4.51. The van der Waals surface area contributed by atoms with Crippen LogP contribution in [0.4, 0.5) is 5.69 Å². The van der Waals surface area contributed by atoms with Crippen LogP contribution in [0.15, 0.2) is 48.5 Å². The van der Waals surface area contributed by atoms with Crippen LogP contribution in [0.25, 0.3) is 0 Å². The van der Waals surface area contributed by atoms with Crippen molar-refractivity contribution in [3.05, 3.63) is 59.7 Å². The predicted molar refractivity (Wildman–Crippen MR) is 106 cm³/mol. The first kappa shape index (κ1) is 20.4. The van der Waals surface area contributed by atoms with Crippen molar-refractivity contribution >= 4 is 17.6 Å². The highest BCUT2D eigenvalue weighted by atomic mass is 16.5. The summed E-state index contributed by atoms with van der Waals surface area (Å²) in [5.74, 6) is -0.500. The number of hydrogen-bond acceptors (Lipinski definition) is 6. The summed E-state index contributed by atoms with van der Waals surface area (Å²) >= 11 is 0. The first-order valence-electron chi connectivity index (χ1n) is 9.42. The van der Waals surface area contributed by atoms with Crippen molar-refractivity contribution in [3.63, 3.8) is 0 Å². The number of benzene rings is 2. The van der Waals surface area contributed by atoms with Crippen LogP contribution in [0.1, 0.15) is 35.7 Å². The molecule has 7 nitrogen and oxygen atoms in total. The third kappa shape index (κ3) is 5.56. The molecule has 0 bridgehead atoms. The lowest BCUT2D eigenvalue weighted by atomic mass is 10.2. The Kier molecular flexibility index (Phi) is 6.82. The second-order valence-corrected chi connectivity index (χ2v) is 6.66. The fourth-order valence-electron chi connectivity index (χ4n) is 2.86. The topological polar surface area (TPSA) is 97.7 Å². The van der Waals surface area contributed by atoms with Gasteiger partial charge in [-0.05, 0) is 56.2 Å². The van der Waals surface area contributed by atoms with Gasteiger partial charge in [-0.1, -0.05) is 12.1 Å². The Bertz CT molecular complexity index is 898. The van der Waals surface area contributed by atoms with Gasteiger partial charge >= 0.3 is 5.97 Å². The molecule has 0 radical (unpaired) electrons. The number of amides is 1. The Labute approximate surface area is 169 Å². The molecule has 29 heavy (non-hydrogen) atoms. The number of hydrogen-bond donors (Lipinski definition) is 1. The molecule has 1 N–H and O–H groups in total. The third-order valence-corrected chi connectivity index (χ3v) is 4.51. The zero-order valence-electron chi connectivity index (χ0n) is 16.1. The molecule has 1 aliphatic heterocycles. The Hall–Kier alpha value is -3.37. The number of esters is 1. The Morgan fingerprint density at radius 3 is 2.69 bits per heavy atom. The van der Waals surface area contributed by atoms with Crippen molar-refractivity contribution in [2.75, 3.05) is 18.5 Å². The zero-order valence-corrected chi connectivity index (χ0v) is 16.1. The lowest BCUT2D eigenvalue weighted by molar-refractivity contribution is -0.123. The van der Waals surface area contributed by atoms with Crippen LogP contribution < -0.4 is 10.1 Å². The summed E-state index contributed by atoms with van der Waals surface area (Å²) in [6.07, 6.45) is 1.13. The molecule has 1 heterocycles. The van der Waals surface area contributed by atoms with E-state index in [4.69, 9.17) is 19.5 Å². The lowest BCUT2D eigenvalue weighted by Crippen LogP contribution is -2.30. The van der Waals surface area contributed by atoms with Crippen LogP contribution in [0.2, 0.25) is 0 Å². The molecule has 3 rings (SSSR count). The molecule has 2 aromatic carbocycles. The van der Waals surface area contributed by atoms with E-state index >= 15 is 0 Å². The summed E-state index contributed by atoms with van der Waals surface area (Å²) in [7, 11) is 0. The molecule has 0 aromatic heterocycles. The maximum absolute atomic E-state index is 12.3. The van der Waals surface area contributed by atoms with Gasteiger partial charge in [0, 0.05) is 6.61 Å². The maximum atomic E-state index is 12.3. The summed E-state index contributed by atoms with van der Waals surface area (Å²) in [6.45, 7) is 2.72. The molecule has 1 aliphatic rings. The molecular weight excluding hydrogens is 372 g/mol. The monoisotopic (exact) mass is 394 g/mol. The van der Waals surface area contributed by atoms with Crippen molar-refractivity contribution in [2.24, 2.45) is 0 Å². The number of carbonyl (C=O) groups is 2. The fraction of sp³-hybridized carbons (Fsp3) is 0.318. The highest BCUT2D eigenvalue weighted by molar-refractivity contribution is 5.98. The second kappa shape index (κ2) is 9.71. The fourth-order valence-corrected chi connectivity index (χ4v) is 2.86. The number of nitrogens with zero attached hydrogens (tertiary/aromatic N) is 1. The van der Waals surface area contributed by atoms with Gasteiger partial charge < -0.3 is 19.5 Å². The van der Waals surface area contributed by atoms with Gasteiger partial charge in [-0.15, -0.1) is 0 Å². The van der Waals surface area contributed by atoms with Crippen molar-refractivity contribution < 1.29 is 23.8 Å². The molecule has 0 spiro atoms. The molecule has 0 aliphatic carbocycles. The summed E-state index contributed by atoms with van der Waals surface area (Å²) < 4.78 is 16.4. The number of para-hydroxylation sites is 1. The Morgan fingerprint density at radius 1 is 1.24 bits per heavy atom. The second-order valence-electron chi connectivity index (χ2n) is 6.66. The lowest BCUT2D eigenvalue weighted by Gasteiger charge is -2.14. The minimum atomic E-state index is -1.02. The molecule has 1 amide bonds. The van der Waals surface area contributed by atoms with Crippen LogP contribution in [0, 0.1) is 11.3 Å². The number of ether oxygens (including phenoxy) is 3. The zero-order chi connectivity index (χ0) is 20.6. The van der Waals surface area contributed by atoms with E-state index in [2.05, 4.69) is 5.32 Å². The van der Waals surface area contributed by atoms with Gasteiger partial charge in [0.25, 0.3) is 5.91 Å². The summed E-state index contributed by atoms with van der Waals surface area (Å²) in [5.41, 5.74) is 1.01. The molecule has 0 saturated carbocycles. The van der Waals surface area contributed by atoms with E-state index in [1.807, 2.05) is 6.07 Å². The molecular formula is C22H22N2O5. The number of nitriles is 1. The van der Waals surface area contributed by atoms with Gasteiger partial charge in [-0.2, -0.15) is 5.26 Å². The van der Waals surface area contributed by atoms with E-state index in [0.717, 1.165) is 19.4 Å². The quantitative estimate of drug-likeness (QED) is 0.724. The van der Waals surface area contributed by atoms with E-state index in [1.54, 1.807) is 48.5 Å². The van der Waals surface area contributed by atoms with Crippen LogP contribution in [0.3, 0.4) is 0 Å². The van der Waals surface area contributed by atoms with E-state index in [9.17, 15) is 9.59 Å². The van der Waals surface area contributed by atoms with Gasteiger partial charge in [-0.25, -0.2) is 4.79 Å². The average molecular weight is 394 g/mol. The minimum Gasteiger partial charge on any atom is -0.491 e. The Balaban J connectivity index is 1.52. The average Bonchev–Trinajstić information content (AvgIpc) is 3.26. The molecule has 1 saturated heterocycles. The van der Waals surface area contributed by atoms with Gasteiger partial charge in [-0.3, -0.25) is 4.79 Å². The SMILES string of the molecule is C[C@H](OC(=O)c1ccc(OC[C@@H]2CCCO2)cc1)C(=O)Nc1ccccc1C#N. The molecule has 1 fully saturated rings. The number of rotatable bonds is 7. The number of carbonyl (C=O) groups excluding carboxylic acids is 2. The van der Waals surface area contributed by atoms with Gasteiger partial charge in [0.05, 0.1) is 22.9 Å². The smallest absolute Gasteiger partial charge is 0.338 e. The molecule has 2 aromatic rings. The molecule has 7 heteroatoms. The predicted octanol–water partition coefficient (Wildman–Crippen LogP) is 3.30. The largest absolute Gasteiger partial charge is 0.491 e. The van der Waals surface area contributed by atoms with E-state index in [0.29, 0.717) is 29.2 Å². The van der Waals surface area contributed by atoms with Crippen molar-refractivity contribution in [3.8, 4) is 11.8 Å². The van der Waals surface area contributed by atoms with Crippen molar-refractivity contribution in [1.29, 1.82) is 5.26 Å². The number of nitrogens with one attached hydrogen (secondary N) is 1. The van der Waals surface area contributed by atoms with Crippen molar-refractivity contribution in [2.45, 2.75) is 32.0 Å². The highest BCUT2D eigenvalue weighted by Crippen LogP contribution is 2.18. The number of anilines is 1. The molecule has 2 atom stereocenters. The minimum absolute atomic E-state index is 0.116. The normalized spacial score (nSPS) is 16.5. The van der Waals surface area contributed by atoms with Crippen LogP contribution >= 0.6 is 0 Å². The van der Waals surface area contributed by atoms with E-state index < -0.39 is 18.0 Å². The standard InChI is InChI=1S/C22H22N2O5/c1-15(21(25)24-20-7-3-2-5-17(20)13-23)29-22(26)16-8-10-18(11-9-16)28-14-19-6-4-12-27-19/h2-3,5,7-11,15,19H,4,6,12,14H2,1H3,(H,24,25)/t15-,19-/m0/s1. The molecule has 0 unspecified atom stereocenters. The first-order valence-corrected chi connectivity index (χ1v) is 9.42. The summed E-state index contributed by atoms with van der Waals surface area (Å²) in [6, 6.07) is 15.1. The summed E-state index contributed by atoms with van der Waals surface area (Å²) in [4.78, 5) is 24.6. The van der Waals surface area contributed by atoms with Crippen LogP contribution in [-0.2, 0) is 14.3 Å². The summed E-state index contributed by atoms with van der Waals surface area (Å²) in [5, 5.41) is 11.7. The van der Waals surface area contributed by atoms with Crippen LogP contribution in [-0.4, -0.2) is 37.3 Å². The van der Waals surface area contributed by atoms with Crippen LogP contribution in [0.5, 0.6) is 5.75 Å². The van der Waals surface area contributed by atoms with Gasteiger partial charge in [0.1, 0.15) is 18.4 Å². The van der Waals surface area contributed by atoms with E-state index in [-0.39, 0.29) is 6.10 Å². The molecule has 150 valence electrons. The maximum Gasteiger partial charge on any atom is 0.338 e. The first-order chi connectivity index (χ1) is 14.1. The van der Waals surface area contributed by atoms with Gasteiger partial charge in [0.2, 0.25) is 0 Å². The highest BCUT2D eigenvalue weighted by Gasteiger charge is 2.20.